The lowest BCUT2D eigenvalue weighted by Crippen LogP contribution is -1.90. The van der Waals surface area contributed by atoms with Crippen LogP contribution in [0.5, 0.6) is 0 Å². The van der Waals surface area contributed by atoms with Gasteiger partial charge in [0.05, 0.1) is 13.2 Å². The Hall–Kier alpha value is -1.32. The first-order chi connectivity index (χ1) is 6.41. The second-order valence-corrected chi connectivity index (χ2v) is 2.34. The summed E-state index contributed by atoms with van der Waals surface area (Å²) in [5.74, 6) is 0. The lowest BCUT2D eigenvalue weighted by atomic mass is 10.3. The Bertz CT molecular complexity index is 154. The first-order valence-electron chi connectivity index (χ1n) is 4.17. The van der Waals surface area contributed by atoms with Gasteiger partial charge in [-0.05, 0) is 19.3 Å². The highest BCUT2D eigenvalue weighted by molar-refractivity contribution is 5.37. The summed E-state index contributed by atoms with van der Waals surface area (Å²) < 4.78 is 8.97. The number of rotatable bonds is 9. The van der Waals surface area contributed by atoms with Gasteiger partial charge in [-0.25, -0.2) is 0 Å². The molecule has 74 valence electrons. The minimum Gasteiger partial charge on any atom is -0.468 e. The summed E-state index contributed by atoms with van der Waals surface area (Å²) in [5, 5.41) is 0. The molecular formula is C9H14O4. The van der Waals surface area contributed by atoms with Crippen LogP contribution < -0.4 is 0 Å². The molecule has 4 nitrogen and oxygen atoms in total. The van der Waals surface area contributed by atoms with E-state index in [-0.39, 0.29) is 0 Å². The van der Waals surface area contributed by atoms with Gasteiger partial charge in [0.15, 0.2) is 0 Å². The molecular weight excluding hydrogens is 172 g/mol. The van der Waals surface area contributed by atoms with Gasteiger partial charge >= 0.3 is 0 Å². The Morgan fingerprint density at radius 1 is 0.846 bits per heavy atom. The van der Waals surface area contributed by atoms with Gasteiger partial charge in [0.2, 0.25) is 0 Å². The van der Waals surface area contributed by atoms with Crippen molar-refractivity contribution in [3.05, 3.63) is 12.2 Å². The molecule has 0 radical (unpaired) electrons. The Balaban J connectivity index is 3.02. The van der Waals surface area contributed by atoms with Crippen LogP contribution in [-0.4, -0.2) is 26.2 Å². The number of carbonyl (C=O) groups is 2. The highest BCUT2D eigenvalue weighted by Crippen LogP contribution is 1.93. The molecule has 0 aliphatic heterocycles. The molecule has 0 saturated carbocycles. The van der Waals surface area contributed by atoms with Crippen molar-refractivity contribution in [3.8, 4) is 0 Å². The summed E-state index contributed by atoms with van der Waals surface area (Å²) in [7, 11) is 0. The summed E-state index contributed by atoms with van der Waals surface area (Å²) in [6.07, 6.45) is 6.33. The minimum absolute atomic E-state index is 0.421. The minimum atomic E-state index is 0.421. The molecule has 0 aromatic rings. The van der Waals surface area contributed by atoms with Gasteiger partial charge in [-0.15, -0.1) is 0 Å². The molecule has 0 aliphatic carbocycles. The van der Waals surface area contributed by atoms with Gasteiger partial charge in [-0.3, -0.25) is 9.59 Å². The third kappa shape index (κ3) is 10.7. The molecule has 0 saturated heterocycles. The van der Waals surface area contributed by atoms with Crippen molar-refractivity contribution in [2.75, 3.05) is 13.2 Å². The third-order valence-corrected chi connectivity index (χ3v) is 1.34. The maximum Gasteiger partial charge on any atom is 0.293 e. The first kappa shape index (κ1) is 11.7. The van der Waals surface area contributed by atoms with Crippen molar-refractivity contribution in [2.24, 2.45) is 0 Å². The van der Waals surface area contributed by atoms with E-state index in [2.05, 4.69) is 9.47 Å². The molecule has 0 unspecified atom stereocenters. The molecule has 0 aromatic carbocycles. The first-order valence-corrected chi connectivity index (χ1v) is 4.17. The largest absolute Gasteiger partial charge is 0.468 e. The smallest absolute Gasteiger partial charge is 0.293 e. The van der Waals surface area contributed by atoms with Crippen molar-refractivity contribution in [2.45, 2.75) is 19.3 Å². The SMILES string of the molecule is O=COCC/C=C/CCCOC=O. The topological polar surface area (TPSA) is 52.6 Å². The zero-order chi connectivity index (χ0) is 9.78. The second-order valence-electron chi connectivity index (χ2n) is 2.34. The fourth-order valence-corrected chi connectivity index (χ4v) is 0.753. The second kappa shape index (κ2) is 10.7. The Morgan fingerprint density at radius 3 is 2.15 bits per heavy atom. The molecule has 0 fully saturated rings. The number of hydrogen-bond donors (Lipinski definition) is 0. The fraction of sp³-hybridized carbons (Fsp3) is 0.556. The molecule has 0 aromatic heterocycles. The average Bonchev–Trinajstić information content (AvgIpc) is 2.16. The van der Waals surface area contributed by atoms with Crippen LogP contribution in [0.1, 0.15) is 19.3 Å². The zero-order valence-electron chi connectivity index (χ0n) is 7.48. The van der Waals surface area contributed by atoms with E-state index in [9.17, 15) is 9.59 Å². The monoisotopic (exact) mass is 186 g/mol. The highest BCUT2D eigenvalue weighted by atomic mass is 16.5. The molecule has 0 atom stereocenters. The number of carbonyl (C=O) groups excluding carboxylic acids is 2. The molecule has 4 heteroatoms. The Labute approximate surface area is 77.5 Å². The van der Waals surface area contributed by atoms with Gasteiger partial charge in [-0.1, -0.05) is 12.2 Å². The normalized spacial score (nSPS) is 9.85. The van der Waals surface area contributed by atoms with Crippen molar-refractivity contribution >= 4 is 12.9 Å². The number of unbranched alkanes of at least 4 members (excludes halogenated alkanes) is 1. The molecule has 0 rings (SSSR count). The van der Waals surface area contributed by atoms with Gasteiger partial charge in [0, 0.05) is 0 Å². The van der Waals surface area contributed by atoms with E-state index in [1.54, 1.807) is 0 Å². The van der Waals surface area contributed by atoms with Crippen LogP contribution in [0.3, 0.4) is 0 Å². The molecule has 0 amide bonds. The number of hydrogen-bond acceptors (Lipinski definition) is 4. The van der Waals surface area contributed by atoms with Gasteiger partial charge < -0.3 is 9.47 Å². The predicted octanol–water partition coefficient (Wildman–Crippen LogP) is 1.06. The maximum absolute atomic E-state index is 9.72. The average molecular weight is 186 g/mol. The summed E-state index contributed by atoms with van der Waals surface area (Å²) in [6, 6.07) is 0. The van der Waals surface area contributed by atoms with E-state index in [1.807, 2.05) is 12.2 Å². The lowest BCUT2D eigenvalue weighted by molar-refractivity contribution is -0.129. The summed E-state index contributed by atoms with van der Waals surface area (Å²) in [5.41, 5.74) is 0. The van der Waals surface area contributed by atoms with Crippen molar-refractivity contribution in [3.63, 3.8) is 0 Å². The van der Waals surface area contributed by atoms with Crippen LogP contribution in [-0.2, 0) is 19.1 Å². The van der Waals surface area contributed by atoms with Gasteiger partial charge in [-0.2, -0.15) is 0 Å². The zero-order valence-corrected chi connectivity index (χ0v) is 7.48. The van der Waals surface area contributed by atoms with Crippen molar-refractivity contribution in [1.82, 2.24) is 0 Å². The molecule has 0 N–H and O–H groups in total. The van der Waals surface area contributed by atoms with E-state index in [0.717, 1.165) is 19.3 Å². The molecule has 0 bridgehead atoms. The molecule has 0 heterocycles. The lowest BCUT2D eigenvalue weighted by Gasteiger charge is -1.94. The fourth-order valence-electron chi connectivity index (χ4n) is 0.753. The maximum atomic E-state index is 9.72. The van der Waals surface area contributed by atoms with E-state index in [1.165, 1.54) is 0 Å². The van der Waals surface area contributed by atoms with E-state index >= 15 is 0 Å². The molecule has 0 spiro atoms. The quantitative estimate of drug-likeness (QED) is 0.307. The van der Waals surface area contributed by atoms with Gasteiger partial charge in [0.1, 0.15) is 0 Å². The van der Waals surface area contributed by atoms with Crippen molar-refractivity contribution in [1.29, 1.82) is 0 Å². The summed E-state index contributed by atoms with van der Waals surface area (Å²) in [6.45, 7) is 1.76. The summed E-state index contributed by atoms with van der Waals surface area (Å²) >= 11 is 0. The standard InChI is InChI=1S/C9H14O4/c10-8-12-6-4-2-1-3-5-7-13-9-11/h1-2,8-9H,3-7H2/b2-1+. The van der Waals surface area contributed by atoms with E-state index < -0.39 is 0 Å². The molecule has 0 aliphatic rings. The summed E-state index contributed by atoms with van der Waals surface area (Å²) in [4.78, 5) is 19.4. The number of allylic oxidation sites excluding steroid dienone is 1. The highest BCUT2D eigenvalue weighted by Gasteiger charge is 1.84. The van der Waals surface area contributed by atoms with Crippen LogP contribution in [0, 0.1) is 0 Å². The third-order valence-electron chi connectivity index (χ3n) is 1.34. The van der Waals surface area contributed by atoms with E-state index in [4.69, 9.17) is 0 Å². The van der Waals surface area contributed by atoms with Crippen LogP contribution in [0.25, 0.3) is 0 Å². The van der Waals surface area contributed by atoms with Gasteiger partial charge in [0.25, 0.3) is 12.9 Å². The van der Waals surface area contributed by atoms with Crippen LogP contribution in [0.4, 0.5) is 0 Å². The predicted molar refractivity (Wildman–Crippen MR) is 47.0 cm³/mol. The number of ether oxygens (including phenoxy) is 2. The molecule has 13 heavy (non-hydrogen) atoms. The van der Waals surface area contributed by atoms with E-state index in [0.29, 0.717) is 26.2 Å². The Kier molecular flexibility index (Phi) is 9.60. The van der Waals surface area contributed by atoms with Crippen LogP contribution in [0.2, 0.25) is 0 Å². The van der Waals surface area contributed by atoms with Crippen LogP contribution in [0.15, 0.2) is 12.2 Å². The Morgan fingerprint density at radius 2 is 1.46 bits per heavy atom. The van der Waals surface area contributed by atoms with Crippen molar-refractivity contribution < 1.29 is 19.1 Å². The van der Waals surface area contributed by atoms with Crippen LogP contribution >= 0.6 is 0 Å².